The lowest BCUT2D eigenvalue weighted by Gasteiger charge is -2.18. The average molecular weight is 248 g/mol. The third-order valence-corrected chi connectivity index (χ3v) is 3.04. The van der Waals surface area contributed by atoms with Crippen molar-refractivity contribution in [2.75, 3.05) is 25.0 Å². The van der Waals surface area contributed by atoms with Gasteiger partial charge in [0.25, 0.3) is 0 Å². The van der Waals surface area contributed by atoms with Crippen LogP contribution >= 0.6 is 0 Å². The van der Waals surface area contributed by atoms with E-state index in [9.17, 15) is 4.79 Å². The summed E-state index contributed by atoms with van der Waals surface area (Å²) in [5.41, 5.74) is 0. The van der Waals surface area contributed by atoms with E-state index in [0.29, 0.717) is 12.5 Å². The molecule has 1 fully saturated rings. The van der Waals surface area contributed by atoms with E-state index in [2.05, 4.69) is 20.2 Å². The molecule has 0 atom stereocenters. The van der Waals surface area contributed by atoms with Crippen LogP contribution < -0.4 is 10.2 Å². The largest absolute Gasteiger partial charge is 0.360 e. The van der Waals surface area contributed by atoms with E-state index in [-0.39, 0.29) is 5.91 Å². The molecule has 5 nitrogen and oxygen atoms in total. The first kappa shape index (κ1) is 12.8. The minimum absolute atomic E-state index is 0.0238. The smallest absolute Gasteiger partial charge is 0.216 e. The molecule has 98 valence electrons. The van der Waals surface area contributed by atoms with E-state index in [1.165, 1.54) is 19.8 Å². The molecule has 1 heterocycles. The number of nitrogens with zero attached hydrogens (tertiary/aromatic N) is 3. The molecule has 18 heavy (non-hydrogen) atoms. The molecule has 0 aromatic carbocycles. The lowest BCUT2D eigenvalue weighted by atomic mass is 10.3. The number of rotatable bonds is 6. The fourth-order valence-corrected chi connectivity index (χ4v) is 1.81. The Labute approximate surface area is 108 Å². The molecular formula is C13H20N4O. The van der Waals surface area contributed by atoms with Gasteiger partial charge in [-0.2, -0.15) is 0 Å². The van der Waals surface area contributed by atoms with Crippen molar-refractivity contribution in [2.24, 2.45) is 0 Å². The van der Waals surface area contributed by atoms with Crippen LogP contribution in [0.4, 0.5) is 5.82 Å². The highest BCUT2D eigenvalue weighted by atomic mass is 16.1. The molecule has 1 aromatic rings. The van der Waals surface area contributed by atoms with Gasteiger partial charge in [-0.1, -0.05) is 0 Å². The van der Waals surface area contributed by atoms with Crippen molar-refractivity contribution in [1.29, 1.82) is 0 Å². The monoisotopic (exact) mass is 248 g/mol. The Morgan fingerprint density at radius 2 is 2.33 bits per heavy atom. The van der Waals surface area contributed by atoms with Crippen LogP contribution in [-0.2, 0) is 4.79 Å². The number of amides is 1. The minimum Gasteiger partial charge on any atom is -0.360 e. The fraction of sp³-hybridized carbons (Fsp3) is 0.615. The molecule has 1 aromatic heterocycles. The zero-order chi connectivity index (χ0) is 13.0. The number of anilines is 1. The predicted molar refractivity (Wildman–Crippen MR) is 70.6 cm³/mol. The van der Waals surface area contributed by atoms with E-state index in [1.54, 1.807) is 0 Å². The first-order valence-electron chi connectivity index (χ1n) is 6.45. The maximum Gasteiger partial charge on any atom is 0.216 e. The molecule has 1 saturated carbocycles. The van der Waals surface area contributed by atoms with E-state index in [1.807, 2.05) is 19.3 Å². The molecule has 1 amide bonds. The van der Waals surface area contributed by atoms with Gasteiger partial charge in [0.15, 0.2) is 0 Å². The molecule has 1 aliphatic rings. The lowest BCUT2D eigenvalue weighted by molar-refractivity contribution is -0.118. The maximum absolute atomic E-state index is 10.7. The second kappa shape index (κ2) is 5.80. The summed E-state index contributed by atoms with van der Waals surface area (Å²) in [6, 6.07) is 1.93. The summed E-state index contributed by atoms with van der Waals surface area (Å²) in [7, 11) is 2.02. The van der Waals surface area contributed by atoms with Gasteiger partial charge in [0, 0.05) is 39.2 Å². The van der Waals surface area contributed by atoms with Crippen molar-refractivity contribution in [3.05, 3.63) is 18.1 Å². The topological polar surface area (TPSA) is 58.1 Å². The van der Waals surface area contributed by atoms with E-state index < -0.39 is 0 Å². The minimum atomic E-state index is 0.0238. The van der Waals surface area contributed by atoms with Crippen LogP contribution in [0.1, 0.15) is 37.9 Å². The number of carbonyl (C=O) groups excluding carboxylic acids is 1. The number of aromatic nitrogens is 2. The summed E-state index contributed by atoms with van der Waals surface area (Å²) in [5.74, 6) is 2.55. The van der Waals surface area contributed by atoms with Gasteiger partial charge in [0.2, 0.25) is 5.91 Å². The molecule has 0 radical (unpaired) electrons. The number of hydrogen-bond donors (Lipinski definition) is 1. The Bertz CT molecular complexity index is 417. The van der Waals surface area contributed by atoms with Gasteiger partial charge >= 0.3 is 0 Å². The number of carbonyl (C=O) groups is 1. The van der Waals surface area contributed by atoms with Crippen LogP contribution in [-0.4, -0.2) is 36.0 Å². The highest BCUT2D eigenvalue weighted by molar-refractivity contribution is 5.72. The molecular weight excluding hydrogens is 228 g/mol. The number of nitrogens with one attached hydrogen (secondary N) is 1. The highest BCUT2D eigenvalue weighted by Gasteiger charge is 2.26. The van der Waals surface area contributed by atoms with Crippen molar-refractivity contribution in [2.45, 2.75) is 32.1 Å². The van der Waals surface area contributed by atoms with Gasteiger partial charge in [-0.3, -0.25) is 4.79 Å². The lowest BCUT2D eigenvalue weighted by Crippen LogP contribution is -2.26. The van der Waals surface area contributed by atoms with E-state index in [0.717, 1.165) is 24.6 Å². The van der Waals surface area contributed by atoms with Crippen molar-refractivity contribution in [3.63, 3.8) is 0 Å². The van der Waals surface area contributed by atoms with Crippen LogP contribution in [0.5, 0.6) is 0 Å². The maximum atomic E-state index is 10.7. The molecule has 0 unspecified atom stereocenters. The number of hydrogen-bond acceptors (Lipinski definition) is 4. The molecule has 0 aliphatic heterocycles. The molecule has 2 rings (SSSR count). The first-order chi connectivity index (χ1) is 8.66. The Kier molecular flexibility index (Phi) is 4.12. The standard InChI is InChI=1S/C13H20N4O/c1-10(18)14-7-3-9-17(2)12-6-8-15-13(16-12)11-4-5-11/h6,8,11H,3-5,7,9H2,1-2H3,(H,14,18). The zero-order valence-corrected chi connectivity index (χ0v) is 11.0. The molecule has 0 bridgehead atoms. The Morgan fingerprint density at radius 3 is 3.00 bits per heavy atom. The van der Waals surface area contributed by atoms with Gasteiger partial charge in [0.1, 0.15) is 11.6 Å². The summed E-state index contributed by atoms with van der Waals surface area (Å²) in [5, 5.41) is 2.79. The normalized spacial score (nSPS) is 14.3. The summed E-state index contributed by atoms with van der Waals surface area (Å²) in [4.78, 5) is 21.7. The van der Waals surface area contributed by atoms with Crippen LogP contribution in [0.25, 0.3) is 0 Å². The fourth-order valence-electron chi connectivity index (χ4n) is 1.81. The second-order valence-corrected chi connectivity index (χ2v) is 4.81. The van der Waals surface area contributed by atoms with Crippen LogP contribution in [0.2, 0.25) is 0 Å². The van der Waals surface area contributed by atoms with Gasteiger partial charge in [-0.15, -0.1) is 0 Å². The van der Waals surface area contributed by atoms with Gasteiger partial charge in [-0.05, 0) is 25.3 Å². The quantitative estimate of drug-likeness (QED) is 0.771. The van der Waals surface area contributed by atoms with Crippen LogP contribution in [0.15, 0.2) is 12.3 Å². The Hall–Kier alpha value is -1.65. The van der Waals surface area contributed by atoms with Crippen LogP contribution in [0.3, 0.4) is 0 Å². The van der Waals surface area contributed by atoms with Crippen molar-refractivity contribution in [1.82, 2.24) is 15.3 Å². The SMILES string of the molecule is CC(=O)NCCCN(C)c1ccnc(C2CC2)n1. The third kappa shape index (κ3) is 3.68. The summed E-state index contributed by atoms with van der Waals surface area (Å²) >= 11 is 0. The third-order valence-electron chi connectivity index (χ3n) is 3.04. The van der Waals surface area contributed by atoms with E-state index >= 15 is 0 Å². The van der Waals surface area contributed by atoms with Gasteiger partial charge < -0.3 is 10.2 Å². The molecule has 0 saturated heterocycles. The molecule has 1 N–H and O–H groups in total. The molecule has 1 aliphatic carbocycles. The predicted octanol–water partition coefficient (Wildman–Crippen LogP) is 1.32. The summed E-state index contributed by atoms with van der Waals surface area (Å²) in [6.07, 6.45) is 5.19. The van der Waals surface area contributed by atoms with Gasteiger partial charge in [-0.25, -0.2) is 9.97 Å². The average Bonchev–Trinajstić information content (AvgIpc) is 3.18. The Balaban J connectivity index is 1.82. The van der Waals surface area contributed by atoms with Crippen LogP contribution in [0, 0.1) is 0 Å². The van der Waals surface area contributed by atoms with E-state index in [4.69, 9.17) is 0 Å². The van der Waals surface area contributed by atoms with Crippen molar-refractivity contribution in [3.8, 4) is 0 Å². The molecule has 0 spiro atoms. The highest BCUT2D eigenvalue weighted by Crippen LogP contribution is 2.38. The Morgan fingerprint density at radius 1 is 1.56 bits per heavy atom. The first-order valence-corrected chi connectivity index (χ1v) is 6.45. The van der Waals surface area contributed by atoms with Gasteiger partial charge in [0.05, 0.1) is 0 Å². The second-order valence-electron chi connectivity index (χ2n) is 4.81. The zero-order valence-electron chi connectivity index (χ0n) is 11.0. The molecule has 5 heteroatoms. The van der Waals surface area contributed by atoms with Crippen molar-refractivity contribution >= 4 is 11.7 Å². The van der Waals surface area contributed by atoms with Crippen molar-refractivity contribution < 1.29 is 4.79 Å². The summed E-state index contributed by atoms with van der Waals surface area (Å²) in [6.45, 7) is 3.12. The summed E-state index contributed by atoms with van der Waals surface area (Å²) < 4.78 is 0.